The molecule has 0 N–H and O–H groups in total. The zero-order valence-electron chi connectivity index (χ0n) is 19.0. The second-order valence-electron chi connectivity index (χ2n) is 9.73. The molecule has 2 heterocycles. The van der Waals surface area contributed by atoms with Crippen molar-refractivity contribution in [1.29, 1.82) is 0 Å². The summed E-state index contributed by atoms with van der Waals surface area (Å²) in [7, 11) is -2.46. The van der Waals surface area contributed by atoms with Gasteiger partial charge in [0.15, 0.2) is 8.07 Å². The van der Waals surface area contributed by atoms with Gasteiger partial charge in [-0.05, 0) is 71.5 Å². The third-order valence-corrected chi connectivity index (χ3v) is 13.1. The van der Waals surface area contributed by atoms with E-state index >= 15 is 0 Å². The first-order valence-electron chi connectivity index (χ1n) is 12.0. The molecule has 6 aromatic carbocycles. The van der Waals surface area contributed by atoms with Crippen molar-refractivity contribution in [3.63, 3.8) is 0 Å². The highest BCUT2D eigenvalue weighted by molar-refractivity contribution is 7.25. The smallest absolute Gasteiger partial charge is 0.0623 e. The van der Waals surface area contributed by atoms with Crippen molar-refractivity contribution >= 4 is 50.4 Å². The second kappa shape index (κ2) is 6.34. The molecular weight excluding hydrogens is 424 g/mol. The van der Waals surface area contributed by atoms with E-state index in [1.165, 1.54) is 49.4 Å². The summed E-state index contributed by atoms with van der Waals surface area (Å²) in [6, 6.07) is 43.8. The number of aryl methyl sites for hydroxylation is 1. The van der Waals surface area contributed by atoms with Gasteiger partial charge in [0.1, 0.15) is 0 Å². The Balaban J connectivity index is 1.72. The highest BCUT2D eigenvalue weighted by atomic mass is 28.3. The Morgan fingerprint density at radius 1 is 0.441 bits per heavy atom. The highest BCUT2D eigenvalue weighted by Crippen LogP contribution is 2.42. The molecule has 0 saturated heterocycles. The Kier molecular flexibility index (Phi) is 3.45. The maximum absolute atomic E-state index is 2.50. The molecular formula is C33H22Si. The lowest BCUT2D eigenvalue weighted by atomic mass is 9.93. The fourth-order valence-electron chi connectivity index (χ4n) is 6.93. The summed E-state index contributed by atoms with van der Waals surface area (Å²) >= 11 is 0. The molecule has 0 radical (unpaired) electrons. The molecule has 1 spiro atoms. The normalized spacial score (nSPS) is 14.3. The van der Waals surface area contributed by atoms with Crippen LogP contribution >= 0.6 is 0 Å². The lowest BCUT2D eigenvalue weighted by Gasteiger charge is -2.29. The van der Waals surface area contributed by atoms with E-state index < -0.39 is 8.07 Å². The summed E-state index contributed by atoms with van der Waals surface area (Å²) in [5.41, 5.74) is 7.07. The Morgan fingerprint density at radius 2 is 0.971 bits per heavy atom. The average molecular weight is 447 g/mol. The first kappa shape index (κ1) is 18.5. The van der Waals surface area contributed by atoms with Crippen molar-refractivity contribution in [1.82, 2.24) is 0 Å². The first-order valence-corrected chi connectivity index (χ1v) is 14.0. The lowest BCUT2D eigenvalue weighted by Crippen LogP contribution is -2.71. The Bertz CT molecular complexity index is 1780. The van der Waals surface area contributed by atoms with Crippen LogP contribution in [0.25, 0.3) is 43.8 Å². The number of hydrogen-bond donors (Lipinski definition) is 0. The average Bonchev–Trinajstić information content (AvgIpc) is 3.36. The van der Waals surface area contributed by atoms with E-state index in [4.69, 9.17) is 0 Å². The van der Waals surface area contributed by atoms with Crippen molar-refractivity contribution in [2.24, 2.45) is 0 Å². The summed E-state index contributed by atoms with van der Waals surface area (Å²) in [5.74, 6) is 0. The maximum atomic E-state index is 2.50. The SMILES string of the molecule is Cc1ccc2c(c1)[Si]1(c3ccccc3-c3ccccc31)c1c-2c2ccccc2c2ccccc12. The molecule has 0 bridgehead atoms. The van der Waals surface area contributed by atoms with E-state index in [1.807, 2.05) is 0 Å². The molecule has 2 aliphatic heterocycles. The van der Waals surface area contributed by atoms with Gasteiger partial charge in [0.25, 0.3) is 0 Å². The van der Waals surface area contributed by atoms with Crippen LogP contribution in [0.3, 0.4) is 0 Å². The van der Waals surface area contributed by atoms with Crippen LogP contribution < -0.4 is 20.7 Å². The van der Waals surface area contributed by atoms with E-state index in [2.05, 4.69) is 122 Å². The summed E-state index contributed by atoms with van der Waals surface area (Å²) in [6.45, 7) is 2.24. The number of hydrogen-bond acceptors (Lipinski definition) is 0. The minimum absolute atomic E-state index is 1.34. The monoisotopic (exact) mass is 446 g/mol. The van der Waals surface area contributed by atoms with E-state index in [1.54, 1.807) is 20.7 Å². The quantitative estimate of drug-likeness (QED) is 0.209. The van der Waals surface area contributed by atoms with Gasteiger partial charge in [0, 0.05) is 0 Å². The highest BCUT2D eigenvalue weighted by Gasteiger charge is 2.55. The summed E-state index contributed by atoms with van der Waals surface area (Å²) < 4.78 is 0. The van der Waals surface area contributed by atoms with Crippen molar-refractivity contribution in [3.8, 4) is 22.3 Å². The van der Waals surface area contributed by atoms with E-state index in [0.29, 0.717) is 0 Å². The molecule has 0 aromatic heterocycles. The molecule has 0 fully saturated rings. The first-order chi connectivity index (χ1) is 16.8. The molecule has 0 atom stereocenters. The largest absolute Gasteiger partial charge is 0.182 e. The molecule has 2 aliphatic rings. The number of benzene rings is 6. The van der Waals surface area contributed by atoms with Gasteiger partial charge in [-0.15, -0.1) is 0 Å². The zero-order valence-corrected chi connectivity index (χ0v) is 20.0. The fraction of sp³-hybridized carbons (Fsp3) is 0.0303. The van der Waals surface area contributed by atoms with Crippen LogP contribution in [0.5, 0.6) is 0 Å². The molecule has 0 saturated carbocycles. The van der Waals surface area contributed by atoms with Gasteiger partial charge in [-0.25, -0.2) is 0 Å². The van der Waals surface area contributed by atoms with E-state index in [0.717, 1.165) is 0 Å². The van der Waals surface area contributed by atoms with Gasteiger partial charge in [-0.1, -0.05) is 121 Å². The van der Waals surface area contributed by atoms with E-state index in [9.17, 15) is 0 Å². The van der Waals surface area contributed by atoms with Crippen molar-refractivity contribution in [2.75, 3.05) is 0 Å². The van der Waals surface area contributed by atoms with Gasteiger partial charge in [-0.2, -0.15) is 0 Å². The molecule has 0 amide bonds. The van der Waals surface area contributed by atoms with Gasteiger partial charge < -0.3 is 0 Å². The third kappa shape index (κ3) is 2.01. The van der Waals surface area contributed by atoms with Crippen LogP contribution in [0.2, 0.25) is 0 Å². The predicted molar refractivity (Wildman–Crippen MR) is 148 cm³/mol. The standard InChI is InChI=1S/C33H22Si/c1-21-18-19-28-31(20-21)34(29-16-8-6-12-24(29)25-13-7-9-17-30(25)34)33-27-15-5-3-11-23(27)22-10-2-4-14-26(22)32(28)33/h2-20H,1H3. The van der Waals surface area contributed by atoms with Gasteiger partial charge in [-0.3, -0.25) is 0 Å². The van der Waals surface area contributed by atoms with Crippen LogP contribution in [0.1, 0.15) is 5.56 Å². The Hall–Kier alpha value is -3.94. The minimum atomic E-state index is -2.46. The molecule has 0 unspecified atom stereocenters. The van der Waals surface area contributed by atoms with Crippen LogP contribution in [-0.4, -0.2) is 8.07 Å². The van der Waals surface area contributed by atoms with Crippen molar-refractivity contribution < 1.29 is 0 Å². The third-order valence-electron chi connectivity index (χ3n) is 8.11. The van der Waals surface area contributed by atoms with Crippen molar-refractivity contribution in [2.45, 2.75) is 6.92 Å². The maximum Gasteiger partial charge on any atom is 0.182 e. The second-order valence-corrected chi connectivity index (χ2v) is 13.3. The molecule has 6 aromatic rings. The fourth-order valence-corrected chi connectivity index (χ4v) is 12.9. The summed E-state index contributed by atoms with van der Waals surface area (Å²) in [4.78, 5) is 0. The zero-order chi connectivity index (χ0) is 22.4. The molecule has 8 rings (SSSR count). The summed E-state index contributed by atoms with van der Waals surface area (Å²) in [5, 5.41) is 11.8. The van der Waals surface area contributed by atoms with Gasteiger partial charge in [0.05, 0.1) is 0 Å². The molecule has 0 nitrogen and oxygen atoms in total. The predicted octanol–water partition coefficient (Wildman–Crippen LogP) is 5.64. The Morgan fingerprint density at radius 3 is 1.65 bits per heavy atom. The number of fused-ring (bicyclic) bond motifs is 15. The van der Waals surface area contributed by atoms with Gasteiger partial charge >= 0.3 is 0 Å². The molecule has 158 valence electrons. The molecule has 0 aliphatic carbocycles. The van der Waals surface area contributed by atoms with Crippen LogP contribution in [0.15, 0.2) is 115 Å². The van der Waals surface area contributed by atoms with Crippen LogP contribution in [-0.2, 0) is 0 Å². The molecule has 1 heteroatoms. The lowest BCUT2D eigenvalue weighted by molar-refractivity contribution is 1.49. The topological polar surface area (TPSA) is 0 Å². The minimum Gasteiger partial charge on any atom is -0.0623 e. The van der Waals surface area contributed by atoms with Gasteiger partial charge in [0.2, 0.25) is 0 Å². The summed E-state index contributed by atoms with van der Waals surface area (Å²) in [6.07, 6.45) is 0. The van der Waals surface area contributed by atoms with Crippen molar-refractivity contribution in [3.05, 3.63) is 121 Å². The number of rotatable bonds is 0. The Labute approximate surface area is 200 Å². The van der Waals surface area contributed by atoms with Crippen LogP contribution in [0.4, 0.5) is 0 Å². The molecule has 34 heavy (non-hydrogen) atoms. The van der Waals surface area contributed by atoms with E-state index in [-0.39, 0.29) is 0 Å². The van der Waals surface area contributed by atoms with Crippen LogP contribution in [0, 0.1) is 6.92 Å².